The van der Waals surface area contributed by atoms with Crippen LogP contribution in [0.3, 0.4) is 0 Å². The number of hydrogen-bond acceptors (Lipinski definition) is 6. The van der Waals surface area contributed by atoms with Gasteiger partial charge in [-0.3, -0.25) is 0 Å². The van der Waals surface area contributed by atoms with E-state index in [2.05, 4.69) is 0 Å². The molecule has 0 aromatic heterocycles. The second-order valence-electron chi connectivity index (χ2n) is 7.79. The lowest BCUT2D eigenvalue weighted by molar-refractivity contribution is -0.217. The third kappa shape index (κ3) is 2.32. The van der Waals surface area contributed by atoms with Crippen LogP contribution in [0.1, 0.15) is 47.5 Å². The molecule has 5 unspecified atom stereocenters. The Hall–Kier alpha value is -1.92. The number of rotatable bonds is 2. The number of aliphatic hydroxyl groups is 2. The van der Waals surface area contributed by atoms with Gasteiger partial charge in [-0.05, 0) is 45.6 Å². The van der Waals surface area contributed by atoms with E-state index in [1.165, 1.54) is 6.08 Å². The molecule has 1 heterocycles. The fraction of sp³-hybridized carbons (Fsp3) is 0.600. The molecule has 5 atom stereocenters. The summed E-state index contributed by atoms with van der Waals surface area (Å²) >= 11 is 0. The molecule has 26 heavy (non-hydrogen) atoms. The summed E-state index contributed by atoms with van der Waals surface area (Å²) in [5, 5.41) is 22.7. The Bertz CT molecular complexity index is 760. The summed E-state index contributed by atoms with van der Waals surface area (Å²) in [4.78, 5) is 24.2. The zero-order valence-corrected chi connectivity index (χ0v) is 15.8. The van der Waals surface area contributed by atoms with Crippen molar-refractivity contribution in [3.63, 3.8) is 0 Å². The molecule has 6 nitrogen and oxygen atoms in total. The smallest absolute Gasteiger partial charge is 0.339 e. The molecule has 3 aliphatic rings. The molecule has 0 radical (unpaired) electrons. The average molecular weight is 362 g/mol. The highest BCUT2D eigenvalue weighted by Gasteiger charge is 2.65. The maximum Gasteiger partial charge on any atom is 0.339 e. The average Bonchev–Trinajstić information content (AvgIpc) is 2.87. The van der Waals surface area contributed by atoms with E-state index in [0.717, 1.165) is 0 Å². The van der Waals surface area contributed by atoms with Crippen LogP contribution >= 0.6 is 0 Å². The highest BCUT2D eigenvalue weighted by atomic mass is 16.6. The van der Waals surface area contributed by atoms with E-state index in [-0.39, 0.29) is 11.7 Å². The van der Waals surface area contributed by atoms with Crippen LogP contribution in [0.2, 0.25) is 0 Å². The molecule has 3 rings (SSSR count). The summed E-state index contributed by atoms with van der Waals surface area (Å²) in [6.45, 7) is 8.73. The second kappa shape index (κ2) is 6.06. The zero-order chi connectivity index (χ0) is 19.4. The molecule has 0 bridgehead atoms. The molecular weight excluding hydrogens is 336 g/mol. The van der Waals surface area contributed by atoms with Crippen molar-refractivity contribution in [2.24, 2.45) is 11.3 Å². The third-order valence-electron chi connectivity index (χ3n) is 6.61. The number of fused-ring (bicyclic) bond motifs is 2. The lowest BCUT2D eigenvalue weighted by Gasteiger charge is -2.58. The van der Waals surface area contributed by atoms with Gasteiger partial charge >= 0.3 is 11.9 Å². The Morgan fingerprint density at radius 3 is 2.69 bits per heavy atom. The van der Waals surface area contributed by atoms with Gasteiger partial charge in [0.25, 0.3) is 0 Å². The van der Waals surface area contributed by atoms with Crippen molar-refractivity contribution >= 4 is 11.9 Å². The fourth-order valence-corrected chi connectivity index (χ4v) is 4.36. The zero-order valence-electron chi connectivity index (χ0n) is 15.8. The number of esters is 2. The first-order valence-corrected chi connectivity index (χ1v) is 8.98. The van der Waals surface area contributed by atoms with E-state index < -0.39 is 35.2 Å². The molecule has 2 aliphatic carbocycles. The van der Waals surface area contributed by atoms with E-state index in [4.69, 9.17) is 9.47 Å². The maximum absolute atomic E-state index is 12.3. The Morgan fingerprint density at radius 2 is 2.08 bits per heavy atom. The molecule has 1 saturated carbocycles. The van der Waals surface area contributed by atoms with Crippen molar-refractivity contribution < 1.29 is 29.3 Å². The van der Waals surface area contributed by atoms with E-state index in [0.29, 0.717) is 29.6 Å². The fourth-order valence-electron chi connectivity index (χ4n) is 4.36. The van der Waals surface area contributed by atoms with Crippen LogP contribution in [-0.4, -0.2) is 40.0 Å². The summed E-state index contributed by atoms with van der Waals surface area (Å²) in [5.41, 5.74) is -1.44. The summed E-state index contributed by atoms with van der Waals surface area (Å²) in [7, 11) is 0. The molecule has 0 saturated heterocycles. The summed E-state index contributed by atoms with van der Waals surface area (Å²) in [6, 6.07) is 0. The molecule has 1 fully saturated rings. The Balaban J connectivity index is 2.11. The van der Waals surface area contributed by atoms with Crippen molar-refractivity contribution in [1.29, 1.82) is 0 Å². The molecular formula is C20H26O6. The van der Waals surface area contributed by atoms with Crippen molar-refractivity contribution in [1.82, 2.24) is 0 Å². The van der Waals surface area contributed by atoms with E-state index >= 15 is 0 Å². The summed E-state index contributed by atoms with van der Waals surface area (Å²) in [5.74, 6) is -0.925. The predicted molar refractivity (Wildman–Crippen MR) is 93.6 cm³/mol. The minimum atomic E-state index is -1.64. The van der Waals surface area contributed by atoms with Crippen molar-refractivity contribution in [3.8, 4) is 0 Å². The van der Waals surface area contributed by atoms with Crippen LogP contribution in [0.25, 0.3) is 0 Å². The molecule has 0 aromatic rings. The minimum absolute atomic E-state index is 0.0610. The number of carbonyl (C=O) groups excluding carboxylic acids is 2. The van der Waals surface area contributed by atoms with Gasteiger partial charge in [-0.25, -0.2) is 9.59 Å². The van der Waals surface area contributed by atoms with Crippen LogP contribution in [0, 0.1) is 11.3 Å². The summed E-state index contributed by atoms with van der Waals surface area (Å²) in [6.07, 6.45) is 2.30. The standard InChI is InChI=1S/C20H26O6/c1-6-10(2)17(22)26-14-8-7-11(3)19(5)16(21)15-12(4)18(23)25-13(15)9-20(14,19)24/h6,9,11,14,16,21,24H,7-8H2,1-5H3. The molecule has 0 spiro atoms. The van der Waals surface area contributed by atoms with E-state index in [1.54, 1.807) is 33.8 Å². The first-order valence-electron chi connectivity index (χ1n) is 8.98. The Kier molecular flexibility index (Phi) is 4.40. The topological polar surface area (TPSA) is 93.1 Å². The number of carbonyl (C=O) groups is 2. The normalized spacial score (nSPS) is 39.8. The van der Waals surface area contributed by atoms with Gasteiger partial charge in [0.05, 0.1) is 6.10 Å². The van der Waals surface area contributed by atoms with Gasteiger partial charge in [0, 0.05) is 22.1 Å². The molecule has 6 heteroatoms. The molecule has 0 amide bonds. The number of allylic oxidation sites excluding steroid dienone is 1. The van der Waals surface area contributed by atoms with Gasteiger partial charge in [0.2, 0.25) is 0 Å². The lowest BCUT2D eigenvalue weighted by Crippen LogP contribution is -2.67. The molecule has 1 aliphatic heterocycles. The van der Waals surface area contributed by atoms with Crippen molar-refractivity contribution in [2.45, 2.75) is 65.3 Å². The van der Waals surface area contributed by atoms with E-state index in [1.807, 2.05) is 6.92 Å². The molecule has 2 N–H and O–H groups in total. The molecule has 142 valence electrons. The largest absolute Gasteiger partial charge is 0.456 e. The first kappa shape index (κ1) is 18.9. The predicted octanol–water partition coefficient (Wildman–Crippen LogP) is 2.16. The number of aliphatic hydroxyl groups excluding tert-OH is 1. The highest BCUT2D eigenvalue weighted by Crippen LogP contribution is 2.58. The SMILES string of the molecule is CC=C(C)C(=O)OC1CCC(C)C2(C)C(O)C3=C(C)C(=O)OC3=CC12O. The lowest BCUT2D eigenvalue weighted by atomic mass is 9.52. The highest BCUT2D eigenvalue weighted by molar-refractivity contribution is 5.94. The van der Waals surface area contributed by atoms with E-state index in [9.17, 15) is 19.8 Å². The van der Waals surface area contributed by atoms with Gasteiger partial charge < -0.3 is 19.7 Å². The van der Waals surface area contributed by atoms with Gasteiger partial charge in [0.15, 0.2) is 0 Å². The van der Waals surface area contributed by atoms with Crippen LogP contribution in [-0.2, 0) is 19.1 Å². The van der Waals surface area contributed by atoms with Crippen LogP contribution in [0.15, 0.2) is 34.6 Å². The quantitative estimate of drug-likeness (QED) is 0.578. The number of hydrogen-bond donors (Lipinski definition) is 2. The summed E-state index contributed by atoms with van der Waals surface area (Å²) < 4.78 is 10.9. The molecule has 0 aromatic carbocycles. The Morgan fingerprint density at radius 1 is 1.42 bits per heavy atom. The monoisotopic (exact) mass is 362 g/mol. The van der Waals surface area contributed by atoms with Crippen molar-refractivity contribution in [2.75, 3.05) is 0 Å². The van der Waals surface area contributed by atoms with Gasteiger partial charge in [-0.2, -0.15) is 0 Å². The van der Waals surface area contributed by atoms with Crippen molar-refractivity contribution in [3.05, 3.63) is 34.6 Å². The van der Waals surface area contributed by atoms with Crippen LogP contribution in [0.4, 0.5) is 0 Å². The van der Waals surface area contributed by atoms with Crippen LogP contribution in [0.5, 0.6) is 0 Å². The minimum Gasteiger partial charge on any atom is -0.456 e. The van der Waals surface area contributed by atoms with Gasteiger partial charge in [0.1, 0.15) is 17.5 Å². The van der Waals surface area contributed by atoms with Crippen LogP contribution < -0.4 is 0 Å². The number of ether oxygens (including phenoxy) is 2. The maximum atomic E-state index is 12.3. The van der Waals surface area contributed by atoms with Gasteiger partial charge in [-0.1, -0.05) is 19.9 Å². The van der Waals surface area contributed by atoms with Gasteiger partial charge in [-0.15, -0.1) is 0 Å². The second-order valence-corrected chi connectivity index (χ2v) is 7.79. The Labute approximate surface area is 153 Å². The first-order chi connectivity index (χ1) is 12.1. The third-order valence-corrected chi connectivity index (χ3v) is 6.61.